The van der Waals surface area contributed by atoms with Crippen molar-refractivity contribution in [2.24, 2.45) is 17.6 Å². The molecule has 3 N–H and O–H groups in total. The first-order chi connectivity index (χ1) is 8.97. The van der Waals surface area contributed by atoms with Gasteiger partial charge in [0.25, 0.3) is 0 Å². The first kappa shape index (κ1) is 13.3. The fourth-order valence-electron chi connectivity index (χ4n) is 3.10. The van der Waals surface area contributed by atoms with Gasteiger partial charge in [-0.15, -0.1) is 0 Å². The van der Waals surface area contributed by atoms with Crippen molar-refractivity contribution < 1.29 is 0 Å². The summed E-state index contributed by atoms with van der Waals surface area (Å²) in [7, 11) is 0. The van der Waals surface area contributed by atoms with Gasteiger partial charge in [0.05, 0.1) is 10.0 Å². The van der Waals surface area contributed by atoms with Crippen LogP contribution in [0.2, 0.25) is 10.0 Å². The SMILES string of the molecule is CC(C)C1Cc2c([nH]c3cc(Cl)c(Cl)cc23)C(N)C1. The van der Waals surface area contributed by atoms with Crippen LogP contribution < -0.4 is 5.73 Å². The maximum Gasteiger partial charge on any atom is 0.0613 e. The number of halogens is 2. The summed E-state index contributed by atoms with van der Waals surface area (Å²) in [5, 5.41) is 2.36. The van der Waals surface area contributed by atoms with Crippen LogP contribution in [0.3, 0.4) is 0 Å². The van der Waals surface area contributed by atoms with Crippen LogP contribution in [0.15, 0.2) is 12.1 Å². The summed E-state index contributed by atoms with van der Waals surface area (Å²) in [6, 6.07) is 3.94. The smallest absolute Gasteiger partial charge is 0.0613 e. The standard InChI is InChI=1S/C15H18Cl2N2/c1-7(2)8-3-10-9-5-11(16)12(17)6-14(9)19-15(10)13(18)4-8/h5-8,13,19H,3-4,18H2,1-2H3. The van der Waals surface area contributed by atoms with Crippen molar-refractivity contribution in [1.29, 1.82) is 0 Å². The van der Waals surface area contributed by atoms with Crippen LogP contribution in [0.1, 0.15) is 37.6 Å². The third kappa shape index (κ3) is 2.16. The lowest BCUT2D eigenvalue weighted by Crippen LogP contribution is -2.26. The largest absolute Gasteiger partial charge is 0.357 e. The van der Waals surface area contributed by atoms with E-state index in [1.54, 1.807) is 0 Å². The van der Waals surface area contributed by atoms with Crippen LogP contribution in [0.5, 0.6) is 0 Å². The van der Waals surface area contributed by atoms with Gasteiger partial charge in [-0.2, -0.15) is 0 Å². The van der Waals surface area contributed by atoms with E-state index < -0.39 is 0 Å². The van der Waals surface area contributed by atoms with E-state index >= 15 is 0 Å². The zero-order chi connectivity index (χ0) is 13.7. The third-order valence-corrected chi connectivity index (χ3v) is 5.04. The minimum Gasteiger partial charge on any atom is -0.357 e. The molecule has 1 heterocycles. The van der Waals surface area contributed by atoms with Crippen molar-refractivity contribution >= 4 is 34.1 Å². The van der Waals surface area contributed by atoms with Crippen LogP contribution in [0, 0.1) is 11.8 Å². The van der Waals surface area contributed by atoms with Crippen molar-refractivity contribution in [3.63, 3.8) is 0 Å². The summed E-state index contributed by atoms with van der Waals surface area (Å²) in [5.41, 5.74) is 9.84. The lowest BCUT2D eigenvalue weighted by molar-refractivity contribution is 0.313. The van der Waals surface area contributed by atoms with Gasteiger partial charge in [0.1, 0.15) is 0 Å². The first-order valence-electron chi connectivity index (χ1n) is 6.72. The van der Waals surface area contributed by atoms with Gasteiger partial charge in [0.15, 0.2) is 0 Å². The fourth-order valence-corrected chi connectivity index (χ4v) is 3.43. The van der Waals surface area contributed by atoms with Gasteiger partial charge in [-0.05, 0) is 42.4 Å². The molecule has 1 aliphatic carbocycles. The molecule has 0 aliphatic heterocycles. The molecule has 1 aromatic heterocycles. The Morgan fingerprint density at radius 2 is 1.95 bits per heavy atom. The summed E-state index contributed by atoms with van der Waals surface area (Å²) in [4.78, 5) is 3.43. The van der Waals surface area contributed by atoms with E-state index in [1.165, 1.54) is 10.9 Å². The number of benzene rings is 1. The molecule has 4 heteroatoms. The Labute approximate surface area is 123 Å². The monoisotopic (exact) mass is 296 g/mol. The Morgan fingerprint density at radius 1 is 1.26 bits per heavy atom. The Bertz CT molecular complexity index is 631. The lowest BCUT2D eigenvalue weighted by Gasteiger charge is -2.29. The second kappa shape index (κ2) is 4.69. The second-order valence-corrected chi connectivity index (χ2v) is 6.69. The van der Waals surface area contributed by atoms with E-state index in [1.807, 2.05) is 12.1 Å². The topological polar surface area (TPSA) is 41.8 Å². The molecule has 0 saturated carbocycles. The number of rotatable bonds is 1. The van der Waals surface area contributed by atoms with E-state index in [0.717, 1.165) is 24.1 Å². The quantitative estimate of drug-likeness (QED) is 0.787. The molecule has 2 unspecified atom stereocenters. The van der Waals surface area contributed by atoms with E-state index in [-0.39, 0.29) is 6.04 Å². The Kier molecular flexibility index (Phi) is 3.28. The normalized spacial score (nSPS) is 23.1. The summed E-state index contributed by atoms with van der Waals surface area (Å²) in [5.74, 6) is 1.28. The molecular formula is C15H18Cl2N2. The number of hydrogen-bond acceptors (Lipinski definition) is 1. The number of fused-ring (bicyclic) bond motifs is 3. The highest BCUT2D eigenvalue weighted by molar-refractivity contribution is 6.42. The Balaban J connectivity index is 2.17. The molecule has 0 bridgehead atoms. The predicted octanol–water partition coefficient (Wildman–Crippen LogP) is 4.69. The summed E-state index contributed by atoms with van der Waals surface area (Å²) < 4.78 is 0. The molecule has 0 spiro atoms. The zero-order valence-corrected chi connectivity index (χ0v) is 12.6. The molecule has 2 nitrogen and oxygen atoms in total. The third-order valence-electron chi connectivity index (χ3n) is 4.32. The van der Waals surface area contributed by atoms with Gasteiger partial charge in [0, 0.05) is 22.6 Å². The summed E-state index contributed by atoms with van der Waals surface area (Å²) in [6.45, 7) is 4.53. The lowest BCUT2D eigenvalue weighted by atomic mass is 9.78. The van der Waals surface area contributed by atoms with Gasteiger partial charge in [-0.25, -0.2) is 0 Å². The maximum absolute atomic E-state index is 6.32. The summed E-state index contributed by atoms with van der Waals surface area (Å²) >= 11 is 12.2. The molecule has 2 aromatic rings. The highest BCUT2D eigenvalue weighted by Crippen LogP contribution is 2.40. The molecule has 3 rings (SSSR count). The molecule has 0 amide bonds. The first-order valence-corrected chi connectivity index (χ1v) is 7.48. The minimum atomic E-state index is 0.0844. The highest BCUT2D eigenvalue weighted by Gasteiger charge is 2.29. The molecule has 1 aromatic carbocycles. The molecular weight excluding hydrogens is 279 g/mol. The summed E-state index contributed by atoms with van der Waals surface area (Å²) in [6.07, 6.45) is 2.11. The fraction of sp³-hybridized carbons (Fsp3) is 0.467. The van der Waals surface area contributed by atoms with Crippen LogP contribution in [-0.4, -0.2) is 4.98 Å². The van der Waals surface area contributed by atoms with Gasteiger partial charge < -0.3 is 10.7 Å². The number of nitrogens with two attached hydrogens (primary N) is 1. The number of nitrogens with one attached hydrogen (secondary N) is 1. The number of H-pyrrole nitrogens is 1. The molecule has 0 fully saturated rings. The van der Waals surface area contributed by atoms with Crippen LogP contribution >= 0.6 is 23.2 Å². The Hall–Kier alpha value is -0.700. The van der Waals surface area contributed by atoms with Crippen LogP contribution in [0.25, 0.3) is 10.9 Å². The zero-order valence-electron chi connectivity index (χ0n) is 11.1. The van der Waals surface area contributed by atoms with Crippen molar-refractivity contribution in [3.05, 3.63) is 33.4 Å². The van der Waals surface area contributed by atoms with Crippen LogP contribution in [-0.2, 0) is 6.42 Å². The van der Waals surface area contributed by atoms with E-state index in [2.05, 4.69) is 18.8 Å². The number of hydrogen-bond donors (Lipinski definition) is 2. The van der Waals surface area contributed by atoms with Gasteiger partial charge in [-0.3, -0.25) is 0 Å². The van der Waals surface area contributed by atoms with E-state index in [9.17, 15) is 0 Å². The number of aromatic nitrogens is 1. The van der Waals surface area contributed by atoms with Crippen molar-refractivity contribution in [1.82, 2.24) is 4.98 Å². The van der Waals surface area contributed by atoms with Crippen LogP contribution in [0.4, 0.5) is 0 Å². The average molecular weight is 297 g/mol. The van der Waals surface area contributed by atoms with Gasteiger partial charge >= 0.3 is 0 Å². The molecule has 102 valence electrons. The maximum atomic E-state index is 6.32. The van der Waals surface area contributed by atoms with Gasteiger partial charge in [0.2, 0.25) is 0 Å². The molecule has 0 saturated heterocycles. The molecule has 1 aliphatic rings. The average Bonchev–Trinajstić information content (AvgIpc) is 2.68. The van der Waals surface area contributed by atoms with Crippen molar-refractivity contribution in [2.75, 3.05) is 0 Å². The van der Waals surface area contributed by atoms with Crippen molar-refractivity contribution in [3.8, 4) is 0 Å². The van der Waals surface area contributed by atoms with E-state index in [4.69, 9.17) is 28.9 Å². The number of aromatic amines is 1. The van der Waals surface area contributed by atoms with Gasteiger partial charge in [-0.1, -0.05) is 37.0 Å². The second-order valence-electron chi connectivity index (χ2n) is 5.88. The molecule has 2 atom stereocenters. The minimum absolute atomic E-state index is 0.0844. The Morgan fingerprint density at radius 3 is 2.63 bits per heavy atom. The van der Waals surface area contributed by atoms with Crippen molar-refractivity contribution in [2.45, 2.75) is 32.7 Å². The molecule has 19 heavy (non-hydrogen) atoms. The predicted molar refractivity (Wildman–Crippen MR) is 81.9 cm³/mol. The highest BCUT2D eigenvalue weighted by atomic mass is 35.5. The molecule has 0 radical (unpaired) electrons. The van der Waals surface area contributed by atoms with E-state index in [0.29, 0.717) is 21.9 Å².